The van der Waals surface area contributed by atoms with E-state index in [4.69, 9.17) is 76.4 Å². The monoisotopic (exact) mass is 1140 g/mol. The van der Waals surface area contributed by atoms with Crippen molar-refractivity contribution in [2.24, 2.45) is 16.0 Å². The smallest absolute Gasteiger partial charge is 0.359 e. The van der Waals surface area contributed by atoms with E-state index >= 15 is 0 Å². The number of aliphatic hydroxyl groups is 2. The Morgan fingerprint density at radius 1 is 0.693 bits per heavy atom. The summed E-state index contributed by atoms with van der Waals surface area (Å²) in [6.45, 7) is 5.84. The summed E-state index contributed by atoms with van der Waals surface area (Å²) in [5, 5.41) is 45.6. The number of nitrogens with two attached hydrogens (primary N) is 1. The molecular formula is C53H56BCl4N6O9S2. The summed E-state index contributed by atoms with van der Waals surface area (Å²) in [5.41, 5.74) is 9.41. The Bertz CT molecular complexity index is 3110. The van der Waals surface area contributed by atoms with E-state index in [2.05, 4.69) is 25.4 Å². The number of aliphatic carboxylic acids is 1. The second-order valence-electron chi connectivity index (χ2n) is 18.8. The molecule has 4 fully saturated rings. The zero-order valence-corrected chi connectivity index (χ0v) is 44.5. The normalized spacial score (nSPS) is 18.2. The van der Waals surface area contributed by atoms with Gasteiger partial charge in [-0.1, -0.05) is 88.4 Å². The first-order valence-electron chi connectivity index (χ1n) is 24.1. The van der Waals surface area contributed by atoms with Gasteiger partial charge in [-0.05, 0) is 135 Å². The average molecular weight is 1140 g/mol. The summed E-state index contributed by atoms with van der Waals surface area (Å²) >= 11 is 27.6. The third-order valence-electron chi connectivity index (χ3n) is 13.2. The van der Waals surface area contributed by atoms with Crippen LogP contribution in [0.5, 0.6) is 11.5 Å². The first-order chi connectivity index (χ1) is 35.3. The van der Waals surface area contributed by atoms with Crippen LogP contribution in [0.1, 0.15) is 90.2 Å². The van der Waals surface area contributed by atoms with Crippen molar-refractivity contribution in [1.29, 1.82) is 0 Å². The number of nitrogens with zero attached hydrogens (tertiary/aromatic N) is 4. The summed E-state index contributed by atoms with van der Waals surface area (Å²) in [6.07, 6.45) is 5.48. The molecule has 1 amide bonds. The fraction of sp³-hybridized carbons (Fsp3) is 0.396. The maximum atomic E-state index is 13.5. The first-order valence-corrected chi connectivity index (χ1v) is 27.3. The Kier molecular flexibility index (Phi) is 18.6. The Hall–Kier alpha value is -4.70. The lowest BCUT2D eigenvalue weighted by atomic mass is 9.99. The molecule has 4 atom stereocenters. The van der Waals surface area contributed by atoms with Gasteiger partial charge in [-0.3, -0.25) is 4.79 Å². The van der Waals surface area contributed by atoms with Crippen LogP contribution in [0.15, 0.2) is 83.1 Å². The van der Waals surface area contributed by atoms with Crippen molar-refractivity contribution < 1.29 is 44.1 Å². The molecule has 12 rings (SSSR count). The number of amides is 1. The molecule has 0 spiro atoms. The zero-order chi connectivity index (χ0) is 50.9. The molecule has 15 nitrogen and oxygen atoms in total. The molecule has 2 aliphatic carbocycles. The number of ether oxygens (including phenoxy) is 2. The van der Waals surface area contributed by atoms with Gasteiger partial charge in [0.1, 0.15) is 30.8 Å². The number of carbonyl (C=O) groups is 2. The van der Waals surface area contributed by atoms with Crippen molar-refractivity contribution >= 4 is 121 Å². The third kappa shape index (κ3) is 13.4. The van der Waals surface area contributed by atoms with Crippen molar-refractivity contribution in [1.82, 2.24) is 15.1 Å². The Morgan fingerprint density at radius 3 is 1.61 bits per heavy atom. The molecule has 6 aliphatic rings. The number of aliphatic hydroxyl groups excluding tert-OH is 2. The van der Waals surface area contributed by atoms with Gasteiger partial charge in [0.05, 0.1) is 44.2 Å². The number of hydrogen-bond acceptors (Lipinski definition) is 15. The number of likely N-dealkylation sites (tertiary alicyclic amines) is 2. The summed E-state index contributed by atoms with van der Waals surface area (Å²) in [7, 11) is 0. The topological polar surface area (TPSA) is 201 Å². The van der Waals surface area contributed by atoms with Gasteiger partial charge in [0.15, 0.2) is 5.71 Å². The van der Waals surface area contributed by atoms with E-state index in [9.17, 15) is 19.8 Å². The average Bonchev–Trinajstić information content (AvgIpc) is 4.29. The molecule has 395 valence electrons. The number of fused-ring (bicyclic) bond motifs is 6. The van der Waals surface area contributed by atoms with Crippen LogP contribution >= 0.6 is 69.1 Å². The molecule has 6 aromatic rings. The fourth-order valence-electron chi connectivity index (χ4n) is 8.67. The number of carboxylic acids is 1. The van der Waals surface area contributed by atoms with Crippen LogP contribution in [0.2, 0.25) is 20.1 Å². The predicted octanol–water partition coefficient (Wildman–Crippen LogP) is 9.98. The van der Waals surface area contributed by atoms with Crippen LogP contribution in [0.4, 0.5) is 0 Å². The second-order valence-corrected chi connectivity index (χ2v) is 22.6. The molecule has 2 saturated heterocycles. The van der Waals surface area contributed by atoms with Crippen LogP contribution in [0.25, 0.3) is 20.2 Å². The number of benzene rings is 4. The van der Waals surface area contributed by atoms with Gasteiger partial charge in [0, 0.05) is 58.1 Å². The van der Waals surface area contributed by atoms with Crippen LogP contribution in [-0.4, -0.2) is 120 Å². The fourth-order valence-corrected chi connectivity index (χ4v) is 12.1. The highest BCUT2D eigenvalue weighted by Crippen LogP contribution is 2.39. The number of rotatable bonds is 15. The third-order valence-corrected chi connectivity index (χ3v) is 16.7. The molecular weight excluding hydrogens is 1080 g/mol. The van der Waals surface area contributed by atoms with Crippen LogP contribution in [0, 0.1) is 0 Å². The molecule has 4 aromatic carbocycles. The van der Waals surface area contributed by atoms with E-state index in [1.54, 1.807) is 30.3 Å². The molecule has 3 radical (unpaired) electrons. The molecule has 2 saturated carbocycles. The minimum atomic E-state index is -1.08. The number of halogens is 4. The van der Waals surface area contributed by atoms with E-state index < -0.39 is 30.1 Å². The highest BCUT2D eigenvalue weighted by molar-refractivity contribution is 7.22. The molecule has 22 heteroatoms. The Morgan fingerprint density at radius 2 is 1.16 bits per heavy atom. The molecule has 0 bridgehead atoms. The predicted molar refractivity (Wildman–Crippen MR) is 299 cm³/mol. The molecule has 75 heavy (non-hydrogen) atoms. The number of nitrogens with one attached hydrogen (secondary N) is 1. The van der Waals surface area contributed by atoms with E-state index in [0.29, 0.717) is 67.9 Å². The minimum absolute atomic E-state index is 0. The number of oxime groups is 2. The van der Waals surface area contributed by atoms with Gasteiger partial charge >= 0.3 is 5.97 Å². The van der Waals surface area contributed by atoms with Crippen molar-refractivity contribution in [2.45, 2.75) is 95.7 Å². The molecule has 6 heterocycles. The molecule has 0 unspecified atom stereocenters. The zero-order valence-electron chi connectivity index (χ0n) is 39.9. The van der Waals surface area contributed by atoms with Gasteiger partial charge in [0.2, 0.25) is 5.71 Å². The molecule has 6 N–H and O–H groups in total. The number of hydrogen-bond donors (Lipinski definition) is 5. The summed E-state index contributed by atoms with van der Waals surface area (Å²) in [4.78, 5) is 40.7. The Balaban J connectivity index is 0.000000162. The SMILES string of the molecule is C.N[C@H](CN1CCC1)[C@H](O)c1ccc(OC2CC2)c(Cl)c1.O=C(N[C@H](CN1CCC1)[C@H](O)c1ccc(OC2CC2)c(Cl)c1)C1=NOCc2c1sc1cc(Cl)ccc21.O=C(O)C1=NOCc2c1sc1cc(Cl)ccc21.[B]. The van der Waals surface area contributed by atoms with Gasteiger partial charge in [0.25, 0.3) is 5.91 Å². The van der Waals surface area contributed by atoms with Crippen LogP contribution < -0.4 is 20.5 Å². The summed E-state index contributed by atoms with van der Waals surface area (Å²) in [5.74, 6) is -0.160. The maximum Gasteiger partial charge on any atom is 0.359 e. The van der Waals surface area contributed by atoms with Gasteiger partial charge in [-0.25, -0.2) is 4.79 Å². The summed E-state index contributed by atoms with van der Waals surface area (Å²) < 4.78 is 13.4. The lowest BCUT2D eigenvalue weighted by Gasteiger charge is -2.36. The van der Waals surface area contributed by atoms with Crippen molar-refractivity contribution in [3.05, 3.63) is 125 Å². The second kappa shape index (κ2) is 24.7. The lowest BCUT2D eigenvalue weighted by molar-refractivity contribution is -0.129. The lowest BCUT2D eigenvalue weighted by Crippen LogP contribution is -2.52. The highest BCUT2D eigenvalue weighted by Gasteiger charge is 2.34. The van der Waals surface area contributed by atoms with Gasteiger partial charge in [-0.15, -0.1) is 22.7 Å². The van der Waals surface area contributed by atoms with Crippen LogP contribution in [0.3, 0.4) is 0 Å². The maximum absolute atomic E-state index is 13.5. The van der Waals surface area contributed by atoms with Gasteiger partial charge < -0.3 is 55.3 Å². The molecule has 4 aliphatic heterocycles. The van der Waals surface area contributed by atoms with E-state index in [1.807, 2.05) is 42.5 Å². The first kappa shape index (κ1) is 56.5. The molecule has 2 aromatic heterocycles. The van der Waals surface area contributed by atoms with Crippen LogP contribution in [-0.2, 0) is 32.5 Å². The van der Waals surface area contributed by atoms with Gasteiger partial charge in [-0.2, -0.15) is 0 Å². The largest absolute Gasteiger partial charge is 0.489 e. The standard InChI is InChI=1S/C26H25Cl2N3O4S.C15H21ClN2O2.C11H6ClNO3S.CH4.B/c27-15-3-6-17-18-13-34-30-23(25(18)36-22(17)11-15)26(33)29-20(12-31-8-1-9-31)24(32)14-2-7-21(19(28)10-14)35-16-4-5-16;16-12-8-10(2-5-14(12)20-11-3-4-11)15(19)13(17)9-18-6-1-7-18;12-5-1-2-6-7-4-16-13-9(11(14)15)10(7)17-8(6)3-5;;/h2-3,6-7,10-11,16,20,24,32H,1,4-5,8-9,12-13H2,(H,29,33);2,5,8,11,13,15,19H,1,3-4,6-7,9,17H2;1-3H,4H2,(H,14,15);1H4;/t20-,24-;13-,15-;;;/m11.../s1. The summed E-state index contributed by atoms with van der Waals surface area (Å²) in [6, 6.07) is 21.0. The van der Waals surface area contributed by atoms with Crippen molar-refractivity contribution in [3.8, 4) is 11.5 Å². The van der Waals surface area contributed by atoms with E-state index in [-0.39, 0.29) is 39.4 Å². The quantitative estimate of drug-likeness (QED) is 0.0611. The number of carbonyl (C=O) groups excluding carboxylic acids is 1. The Labute approximate surface area is 464 Å². The van der Waals surface area contributed by atoms with Crippen molar-refractivity contribution in [3.63, 3.8) is 0 Å². The highest BCUT2D eigenvalue weighted by atomic mass is 35.5. The van der Waals surface area contributed by atoms with Crippen molar-refractivity contribution in [2.75, 3.05) is 39.3 Å². The van der Waals surface area contributed by atoms with E-state index in [0.717, 1.165) is 107 Å². The van der Waals surface area contributed by atoms with E-state index in [1.165, 1.54) is 29.1 Å². The number of carboxylic acid groups (broad SMARTS) is 1. The minimum Gasteiger partial charge on any atom is -0.489 e. The number of thiophene rings is 2.